The van der Waals surface area contributed by atoms with E-state index in [4.69, 9.17) is 0 Å². The molecule has 0 fully saturated rings. The molecule has 12 heavy (non-hydrogen) atoms. The van der Waals surface area contributed by atoms with Crippen molar-refractivity contribution in [3.05, 3.63) is 11.6 Å². The second kappa shape index (κ2) is 4.09. The van der Waals surface area contributed by atoms with E-state index in [1.165, 1.54) is 5.57 Å². The number of halogens is 1. The van der Waals surface area contributed by atoms with Crippen LogP contribution in [0.3, 0.4) is 0 Å². The highest BCUT2D eigenvalue weighted by Crippen LogP contribution is 2.34. The number of rotatable bonds is 2. The number of alkyl halides is 1. The summed E-state index contributed by atoms with van der Waals surface area (Å²) in [6.07, 6.45) is 5.05. The Balaban J connectivity index is 2.63. The van der Waals surface area contributed by atoms with Crippen molar-refractivity contribution in [3.8, 4) is 0 Å². The molecular weight excluding hydrogens is 263 g/mol. The van der Waals surface area contributed by atoms with Crippen molar-refractivity contribution in [1.29, 1.82) is 0 Å². The Labute approximate surface area is 88.4 Å². The van der Waals surface area contributed by atoms with Crippen LogP contribution in [0.1, 0.15) is 33.1 Å². The van der Waals surface area contributed by atoms with Gasteiger partial charge in [0.15, 0.2) is 0 Å². The zero-order valence-corrected chi connectivity index (χ0v) is 9.97. The summed E-state index contributed by atoms with van der Waals surface area (Å²) in [5.74, 6) is 0.419. The van der Waals surface area contributed by atoms with E-state index in [-0.39, 0.29) is 0 Å². The lowest BCUT2D eigenvalue weighted by Crippen LogP contribution is -2.38. The van der Waals surface area contributed by atoms with E-state index in [1.807, 2.05) is 0 Å². The van der Waals surface area contributed by atoms with Gasteiger partial charge in [0, 0.05) is 4.43 Å². The first-order chi connectivity index (χ1) is 5.58. The number of hydrogen-bond acceptors (Lipinski definition) is 1. The molecule has 1 aliphatic carbocycles. The first-order valence-corrected chi connectivity index (χ1v) is 6.05. The van der Waals surface area contributed by atoms with Gasteiger partial charge in [0.25, 0.3) is 0 Å². The zero-order valence-electron chi connectivity index (χ0n) is 7.81. The van der Waals surface area contributed by atoms with Crippen LogP contribution in [-0.4, -0.2) is 15.1 Å². The van der Waals surface area contributed by atoms with Crippen LogP contribution in [-0.2, 0) is 0 Å². The fraction of sp³-hybridized carbons (Fsp3) is 0.800. The van der Waals surface area contributed by atoms with Crippen molar-refractivity contribution >= 4 is 22.6 Å². The highest BCUT2D eigenvalue weighted by Gasteiger charge is 2.33. The second-order valence-electron chi connectivity index (χ2n) is 3.91. The Morgan fingerprint density at radius 3 is 2.83 bits per heavy atom. The third-order valence-electron chi connectivity index (χ3n) is 2.91. The van der Waals surface area contributed by atoms with Crippen LogP contribution in [0.2, 0.25) is 0 Å². The van der Waals surface area contributed by atoms with Crippen LogP contribution in [0.25, 0.3) is 0 Å². The van der Waals surface area contributed by atoms with Crippen molar-refractivity contribution in [3.63, 3.8) is 0 Å². The molecular formula is C10H17IO. The summed E-state index contributed by atoms with van der Waals surface area (Å²) in [7, 11) is 0. The molecule has 1 rings (SSSR count). The van der Waals surface area contributed by atoms with E-state index in [9.17, 15) is 5.11 Å². The quantitative estimate of drug-likeness (QED) is 0.468. The molecule has 0 aromatic heterocycles. The molecule has 0 saturated heterocycles. The standard InChI is InChI=1S/C10H17IO/c1-8-3-5-10(12,6-4-8)9(2)7-11/h3,9,12H,4-7H2,1-2H3. The van der Waals surface area contributed by atoms with Gasteiger partial charge >= 0.3 is 0 Å². The predicted octanol–water partition coefficient (Wildman–Crippen LogP) is 2.92. The van der Waals surface area contributed by atoms with E-state index >= 15 is 0 Å². The lowest BCUT2D eigenvalue weighted by atomic mass is 9.78. The normalized spacial score (nSPS) is 32.8. The van der Waals surface area contributed by atoms with Gasteiger partial charge in [0.05, 0.1) is 5.60 Å². The molecule has 0 aliphatic heterocycles. The predicted molar refractivity (Wildman–Crippen MR) is 60.6 cm³/mol. The van der Waals surface area contributed by atoms with Crippen molar-refractivity contribution in [1.82, 2.24) is 0 Å². The van der Waals surface area contributed by atoms with Crippen LogP contribution >= 0.6 is 22.6 Å². The van der Waals surface area contributed by atoms with E-state index in [0.717, 1.165) is 23.7 Å². The highest BCUT2D eigenvalue weighted by atomic mass is 127. The van der Waals surface area contributed by atoms with Crippen LogP contribution in [0.4, 0.5) is 0 Å². The molecule has 0 aromatic rings. The van der Waals surface area contributed by atoms with Crippen LogP contribution in [0.15, 0.2) is 11.6 Å². The van der Waals surface area contributed by atoms with Gasteiger partial charge in [-0.2, -0.15) is 0 Å². The smallest absolute Gasteiger partial charge is 0.0717 e. The van der Waals surface area contributed by atoms with Gasteiger partial charge in [-0.05, 0) is 32.1 Å². The summed E-state index contributed by atoms with van der Waals surface area (Å²) in [4.78, 5) is 0. The molecule has 2 atom stereocenters. The molecule has 2 heteroatoms. The number of allylic oxidation sites excluding steroid dienone is 1. The van der Waals surface area contributed by atoms with Gasteiger partial charge in [-0.25, -0.2) is 0 Å². The van der Waals surface area contributed by atoms with Crippen LogP contribution < -0.4 is 0 Å². The third kappa shape index (κ3) is 2.22. The zero-order chi connectivity index (χ0) is 9.19. The lowest BCUT2D eigenvalue weighted by molar-refractivity contribution is -0.0112. The Morgan fingerprint density at radius 1 is 1.75 bits per heavy atom. The van der Waals surface area contributed by atoms with Gasteiger partial charge in [0.2, 0.25) is 0 Å². The molecule has 0 aromatic carbocycles. The Hall–Kier alpha value is 0.430. The van der Waals surface area contributed by atoms with Gasteiger partial charge in [0.1, 0.15) is 0 Å². The molecule has 0 heterocycles. The molecule has 2 unspecified atom stereocenters. The minimum Gasteiger partial charge on any atom is -0.389 e. The van der Waals surface area contributed by atoms with E-state index in [0.29, 0.717) is 5.92 Å². The molecule has 1 nitrogen and oxygen atoms in total. The fourth-order valence-electron chi connectivity index (χ4n) is 1.56. The SMILES string of the molecule is CC1=CCC(O)(C(C)CI)CC1. The van der Waals surface area contributed by atoms with E-state index in [1.54, 1.807) is 0 Å². The molecule has 1 aliphatic rings. The maximum Gasteiger partial charge on any atom is 0.0717 e. The third-order valence-corrected chi connectivity index (χ3v) is 4.23. The van der Waals surface area contributed by atoms with Gasteiger partial charge in [-0.15, -0.1) is 0 Å². The van der Waals surface area contributed by atoms with Gasteiger partial charge in [-0.3, -0.25) is 0 Å². The molecule has 0 radical (unpaired) electrons. The second-order valence-corrected chi connectivity index (χ2v) is 4.79. The molecule has 0 bridgehead atoms. The van der Waals surface area contributed by atoms with Crippen molar-refractivity contribution in [2.75, 3.05) is 4.43 Å². The highest BCUT2D eigenvalue weighted by molar-refractivity contribution is 14.1. The minimum atomic E-state index is -0.416. The molecule has 0 spiro atoms. The maximum atomic E-state index is 10.2. The first-order valence-electron chi connectivity index (χ1n) is 4.52. The average molecular weight is 280 g/mol. The summed E-state index contributed by atoms with van der Waals surface area (Å²) in [6, 6.07) is 0. The Bertz CT molecular complexity index is 188. The summed E-state index contributed by atoms with van der Waals surface area (Å²) in [6.45, 7) is 4.29. The summed E-state index contributed by atoms with van der Waals surface area (Å²) in [5, 5.41) is 10.2. The molecule has 0 saturated carbocycles. The van der Waals surface area contributed by atoms with Crippen molar-refractivity contribution in [2.45, 2.75) is 38.7 Å². The Kier molecular flexibility index (Phi) is 3.58. The van der Waals surface area contributed by atoms with Gasteiger partial charge < -0.3 is 5.11 Å². The van der Waals surface area contributed by atoms with Crippen molar-refractivity contribution in [2.24, 2.45) is 5.92 Å². The maximum absolute atomic E-state index is 10.2. The molecule has 0 amide bonds. The minimum absolute atomic E-state index is 0.416. The molecule has 1 N–H and O–H groups in total. The lowest BCUT2D eigenvalue weighted by Gasteiger charge is -2.35. The fourth-order valence-corrected chi connectivity index (χ4v) is 2.38. The van der Waals surface area contributed by atoms with Crippen LogP contribution in [0, 0.1) is 5.92 Å². The summed E-state index contributed by atoms with van der Waals surface area (Å²) < 4.78 is 1.04. The van der Waals surface area contributed by atoms with Crippen molar-refractivity contribution < 1.29 is 5.11 Å². The largest absolute Gasteiger partial charge is 0.389 e. The van der Waals surface area contributed by atoms with E-state index < -0.39 is 5.60 Å². The van der Waals surface area contributed by atoms with E-state index in [2.05, 4.69) is 42.5 Å². The average Bonchev–Trinajstić information content (AvgIpc) is 2.09. The Morgan fingerprint density at radius 2 is 2.42 bits per heavy atom. The van der Waals surface area contributed by atoms with Gasteiger partial charge in [-0.1, -0.05) is 41.2 Å². The number of aliphatic hydroxyl groups is 1. The first kappa shape index (κ1) is 10.5. The molecule has 70 valence electrons. The summed E-state index contributed by atoms with van der Waals surface area (Å²) in [5.41, 5.74) is 1.01. The monoisotopic (exact) mass is 280 g/mol. The topological polar surface area (TPSA) is 20.2 Å². The summed E-state index contributed by atoms with van der Waals surface area (Å²) >= 11 is 2.35. The number of hydrogen-bond donors (Lipinski definition) is 1. The van der Waals surface area contributed by atoms with Crippen LogP contribution in [0.5, 0.6) is 0 Å².